The van der Waals surface area contributed by atoms with Gasteiger partial charge in [-0.15, -0.1) is 9.24 Å². The Morgan fingerprint density at radius 3 is 2.08 bits per heavy atom. The van der Waals surface area contributed by atoms with Gasteiger partial charge in [0.15, 0.2) is 0 Å². The molecule has 0 radical (unpaired) electrons. The molecule has 0 aromatic rings. The van der Waals surface area contributed by atoms with E-state index in [1.165, 1.54) is 38.3 Å². The van der Waals surface area contributed by atoms with Crippen molar-refractivity contribution in [2.24, 2.45) is 11.8 Å². The van der Waals surface area contributed by atoms with E-state index in [2.05, 4.69) is 30.0 Å². The summed E-state index contributed by atoms with van der Waals surface area (Å²) in [6.07, 6.45) is 8.28. The van der Waals surface area contributed by atoms with Gasteiger partial charge in [0.2, 0.25) is 0 Å². The zero-order valence-electron chi connectivity index (χ0n) is 8.97. The van der Waals surface area contributed by atoms with Crippen LogP contribution in [0.15, 0.2) is 0 Å². The van der Waals surface area contributed by atoms with E-state index in [1.54, 1.807) is 0 Å². The SMILES string of the molecule is CCC(C)CCCC(C)CCP. The Bertz CT molecular complexity index is 91.0. The molecule has 0 aliphatic rings. The van der Waals surface area contributed by atoms with Crippen LogP contribution in [-0.4, -0.2) is 6.16 Å². The molecule has 0 saturated carbocycles. The van der Waals surface area contributed by atoms with Crippen molar-refractivity contribution >= 4 is 9.24 Å². The lowest BCUT2D eigenvalue weighted by Gasteiger charge is -2.11. The van der Waals surface area contributed by atoms with Crippen LogP contribution in [0.5, 0.6) is 0 Å². The standard InChI is InChI=1S/C11H25P/c1-4-10(2)6-5-7-11(3)8-9-12/h10-11H,4-9,12H2,1-3H3. The molecule has 0 spiro atoms. The summed E-state index contributed by atoms with van der Waals surface area (Å²) in [4.78, 5) is 0. The number of hydrogen-bond donors (Lipinski definition) is 0. The van der Waals surface area contributed by atoms with E-state index in [-0.39, 0.29) is 0 Å². The molecule has 0 nitrogen and oxygen atoms in total. The lowest BCUT2D eigenvalue weighted by molar-refractivity contribution is 0.429. The quantitative estimate of drug-likeness (QED) is 0.527. The van der Waals surface area contributed by atoms with Crippen LogP contribution in [0.2, 0.25) is 0 Å². The molecule has 0 rings (SSSR count). The van der Waals surface area contributed by atoms with Crippen LogP contribution in [0.25, 0.3) is 0 Å². The highest BCUT2D eigenvalue weighted by atomic mass is 31.0. The van der Waals surface area contributed by atoms with Gasteiger partial charge in [-0.05, 0) is 24.4 Å². The molecule has 0 amide bonds. The van der Waals surface area contributed by atoms with Crippen LogP contribution in [0.4, 0.5) is 0 Å². The Kier molecular flexibility index (Phi) is 8.34. The molecule has 3 unspecified atom stereocenters. The van der Waals surface area contributed by atoms with Gasteiger partial charge in [0.25, 0.3) is 0 Å². The van der Waals surface area contributed by atoms with Gasteiger partial charge in [-0.3, -0.25) is 0 Å². The monoisotopic (exact) mass is 188 g/mol. The summed E-state index contributed by atoms with van der Waals surface area (Å²) in [5.41, 5.74) is 0. The van der Waals surface area contributed by atoms with Crippen LogP contribution in [0, 0.1) is 11.8 Å². The van der Waals surface area contributed by atoms with Crippen LogP contribution in [0.1, 0.15) is 52.9 Å². The first-order valence-electron chi connectivity index (χ1n) is 5.40. The fraction of sp³-hybridized carbons (Fsp3) is 1.00. The predicted octanol–water partition coefficient (Wildman–Crippen LogP) is 4.10. The fourth-order valence-electron chi connectivity index (χ4n) is 1.45. The van der Waals surface area contributed by atoms with Crippen molar-refractivity contribution in [3.63, 3.8) is 0 Å². The number of hydrogen-bond acceptors (Lipinski definition) is 0. The Labute approximate surface area is 80.7 Å². The summed E-state index contributed by atoms with van der Waals surface area (Å²) in [6.45, 7) is 7.03. The van der Waals surface area contributed by atoms with E-state index in [1.807, 2.05) is 0 Å². The molecule has 0 bridgehead atoms. The topological polar surface area (TPSA) is 0 Å². The van der Waals surface area contributed by atoms with Crippen molar-refractivity contribution in [3.8, 4) is 0 Å². The fourth-order valence-corrected chi connectivity index (χ4v) is 2.02. The van der Waals surface area contributed by atoms with Crippen LogP contribution >= 0.6 is 9.24 Å². The first-order valence-corrected chi connectivity index (χ1v) is 6.22. The molecule has 3 atom stereocenters. The molecule has 0 N–H and O–H groups in total. The first kappa shape index (κ1) is 12.4. The van der Waals surface area contributed by atoms with E-state index in [9.17, 15) is 0 Å². The molecule has 0 saturated heterocycles. The molecule has 0 aliphatic heterocycles. The van der Waals surface area contributed by atoms with Gasteiger partial charge in [0.05, 0.1) is 0 Å². The smallest absolute Gasteiger partial charge is 0.0379 e. The van der Waals surface area contributed by atoms with Crippen molar-refractivity contribution in [2.45, 2.75) is 52.9 Å². The third kappa shape index (κ3) is 7.10. The Morgan fingerprint density at radius 1 is 1.00 bits per heavy atom. The van der Waals surface area contributed by atoms with Gasteiger partial charge < -0.3 is 0 Å². The highest BCUT2D eigenvalue weighted by Gasteiger charge is 2.02. The molecule has 0 aromatic heterocycles. The summed E-state index contributed by atoms with van der Waals surface area (Å²) in [5, 5.41) is 0. The lowest BCUT2D eigenvalue weighted by atomic mass is 9.96. The maximum absolute atomic E-state index is 2.82. The lowest BCUT2D eigenvalue weighted by Crippen LogP contribution is -1.98. The zero-order valence-corrected chi connectivity index (χ0v) is 10.1. The van der Waals surface area contributed by atoms with Gasteiger partial charge >= 0.3 is 0 Å². The van der Waals surface area contributed by atoms with E-state index >= 15 is 0 Å². The molecule has 0 aliphatic carbocycles. The van der Waals surface area contributed by atoms with Crippen molar-refractivity contribution < 1.29 is 0 Å². The van der Waals surface area contributed by atoms with Gasteiger partial charge in [-0.2, -0.15) is 0 Å². The van der Waals surface area contributed by atoms with Crippen LogP contribution < -0.4 is 0 Å². The minimum Gasteiger partial charge on any atom is -0.138 e. The average Bonchev–Trinajstić information content (AvgIpc) is 2.04. The summed E-state index contributed by atoms with van der Waals surface area (Å²) >= 11 is 0. The normalized spacial score (nSPS) is 16.0. The molecule has 1 heteroatoms. The molecule has 0 heterocycles. The maximum atomic E-state index is 2.82. The van der Waals surface area contributed by atoms with Gasteiger partial charge in [-0.25, -0.2) is 0 Å². The summed E-state index contributed by atoms with van der Waals surface area (Å²) < 4.78 is 0. The highest BCUT2D eigenvalue weighted by Crippen LogP contribution is 2.17. The summed E-state index contributed by atoms with van der Waals surface area (Å²) in [6, 6.07) is 0. The molecule has 12 heavy (non-hydrogen) atoms. The van der Waals surface area contributed by atoms with Crippen molar-refractivity contribution in [2.75, 3.05) is 6.16 Å². The minimum absolute atomic E-state index is 0.937. The van der Waals surface area contributed by atoms with Crippen LogP contribution in [0.3, 0.4) is 0 Å². The zero-order chi connectivity index (χ0) is 9.40. The third-order valence-corrected chi connectivity index (χ3v) is 3.08. The van der Waals surface area contributed by atoms with E-state index in [0.29, 0.717) is 0 Å². The molecule has 74 valence electrons. The van der Waals surface area contributed by atoms with Gasteiger partial charge in [0, 0.05) is 0 Å². The Balaban J connectivity index is 3.18. The van der Waals surface area contributed by atoms with Crippen molar-refractivity contribution in [3.05, 3.63) is 0 Å². The molecule has 0 aromatic carbocycles. The van der Waals surface area contributed by atoms with E-state index < -0.39 is 0 Å². The highest BCUT2D eigenvalue weighted by molar-refractivity contribution is 7.16. The van der Waals surface area contributed by atoms with Crippen molar-refractivity contribution in [1.82, 2.24) is 0 Å². The second-order valence-corrected chi connectivity index (χ2v) is 4.70. The number of rotatable bonds is 7. The predicted molar refractivity (Wildman–Crippen MR) is 61.7 cm³/mol. The molecule has 0 fully saturated rings. The Morgan fingerprint density at radius 2 is 1.58 bits per heavy atom. The van der Waals surface area contributed by atoms with Crippen molar-refractivity contribution in [1.29, 1.82) is 0 Å². The van der Waals surface area contributed by atoms with Crippen LogP contribution in [-0.2, 0) is 0 Å². The van der Waals surface area contributed by atoms with Gasteiger partial charge in [0.1, 0.15) is 0 Å². The summed E-state index contributed by atoms with van der Waals surface area (Å²) in [7, 11) is 2.82. The Hall–Kier alpha value is 0.430. The van der Waals surface area contributed by atoms with E-state index in [0.717, 1.165) is 11.8 Å². The molecular weight excluding hydrogens is 163 g/mol. The summed E-state index contributed by atoms with van der Waals surface area (Å²) in [5.74, 6) is 1.87. The minimum atomic E-state index is 0.937. The van der Waals surface area contributed by atoms with Gasteiger partial charge in [-0.1, -0.05) is 46.5 Å². The maximum Gasteiger partial charge on any atom is -0.0379 e. The second-order valence-electron chi connectivity index (χ2n) is 4.13. The van der Waals surface area contributed by atoms with E-state index in [4.69, 9.17) is 0 Å². The first-order chi connectivity index (χ1) is 5.70. The third-order valence-electron chi connectivity index (χ3n) is 2.75. The average molecular weight is 188 g/mol. The second kappa shape index (κ2) is 8.05. The largest absolute Gasteiger partial charge is 0.138 e. The molecular formula is C11H25P.